The molecule has 4 heteroatoms. The number of hydrogen-bond acceptors (Lipinski definition) is 2. The van der Waals surface area contributed by atoms with E-state index in [0.717, 1.165) is 25.1 Å². The number of pyridine rings is 1. The molecule has 20 heavy (non-hydrogen) atoms. The summed E-state index contributed by atoms with van der Waals surface area (Å²) in [7, 11) is 0. The van der Waals surface area contributed by atoms with E-state index in [2.05, 4.69) is 32.7 Å². The fourth-order valence-electron chi connectivity index (χ4n) is 2.79. The highest BCUT2D eigenvalue weighted by Gasteiger charge is 2.34. The van der Waals surface area contributed by atoms with Crippen molar-refractivity contribution in [3.63, 3.8) is 0 Å². The van der Waals surface area contributed by atoms with Gasteiger partial charge in [0.05, 0.1) is 0 Å². The van der Waals surface area contributed by atoms with Crippen LogP contribution in [-0.4, -0.2) is 28.4 Å². The van der Waals surface area contributed by atoms with Crippen molar-refractivity contribution in [2.24, 2.45) is 11.8 Å². The smallest absolute Gasteiger partial charge is 0.254 e. The number of carbonyl (C=O) groups excluding carboxylic acids is 1. The minimum absolute atomic E-state index is 0.00828. The summed E-state index contributed by atoms with van der Waals surface area (Å²) in [5.74, 6) is 0.902. The second-order valence-electron chi connectivity index (χ2n) is 6.46. The second kappa shape index (κ2) is 5.81. The summed E-state index contributed by atoms with van der Waals surface area (Å²) in [5, 5.41) is 0. The first-order chi connectivity index (χ1) is 9.38. The van der Waals surface area contributed by atoms with Gasteiger partial charge in [0.1, 0.15) is 0 Å². The van der Waals surface area contributed by atoms with Gasteiger partial charge in [-0.25, -0.2) is 0 Å². The summed E-state index contributed by atoms with van der Waals surface area (Å²) in [6.07, 6.45) is 1.84. The van der Waals surface area contributed by atoms with Crippen LogP contribution in [0.1, 0.15) is 50.2 Å². The van der Waals surface area contributed by atoms with Crippen molar-refractivity contribution in [1.29, 1.82) is 0 Å². The van der Waals surface area contributed by atoms with Crippen molar-refractivity contribution in [3.8, 4) is 0 Å². The number of amides is 1. The third-order valence-corrected chi connectivity index (χ3v) is 3.87. The maximum absolute atomic E-state index is 12.5. The Labute approximate surface area is 120 Å². The minimum Gasteiger partial charge on any atom is -0.335 e. The zero-order valence-electron chi connectivity index (χ0n) is 12.8. The molecule has 1 aromatic rings. The Morgan fingerprint density at radius 2 is 2.05 bits per heavy atom. The van der Waals surface area contributed by atoms with Crippen molar-refractivity contribution >= 4 is 5.91 Å². The van der Waals surface area contributed by atoms with Gasteiger partial charge in [0.2, 0.25) is 5.56 Å². The Morgan fingerprint density at radius 3 is 2.55 bits per heavy atom. The minimum atomic E-state index is -0.187. The lowest BCUT2D eigenvalue weighted by molar-refractivity contribution is 0.0347. The molecule has 1 saturated heterocycles. The predicted octanol–water partition coefficient (Wildman–Crippen LogP) is 2.44. The van der Waals surface area contributed by atoms with Gasteiger partial charge in [-0.3, -0.25) is 9.59 Å². The molecule has 0 radical (unpaired) electrons. The van der Waals surface area contributed by atoms with E-state index in [1.807, 2.05) is 11.0 Å². The molecular formula is C16H24N2O2. The van der Waals surface area contributed by atoms with Crippen molar-refractivity contribution in [2.45, 2.75) is 46.6 Å². The zero-order valence-corrected chi connectivity index (χ0v) is 12.8. The van der Waals surface area contributed by atoms with Crippen LogP contribution in [0, 0.1) is 11.8 Å². The predicted molar refractivity (Wildman–Crippen MR) is 79.9 cm³/mol. The molecule has 0 bridgehead atoms. The Kier molecular flexibility index (Phi) is 4.31. The highest BCUT2D eigenvalue weighted by Crippen LogP contribution is 2.26. The van der Waals surface area contributed by atoms with Crippen LogP contribution in [0.3, 0.4) is 0 Å². The normalized spacial score (nSPS) is 18.5. The number of nitrogens with one attached hydrogen (secondary N) is 1. The standard InChI is InChI=1S/C16H24N2O2/c1-10(2)7-13-8-12(9-15(19)17-13)16(20)18-6-5-14(18)11(3)4/h8-11,14H,5-7H2,1-4H3,(H,17,19). The Morgan fingerprint density at radius 1 is 1.35 bits per heavy atom. The van der Waals surface area contributed by atoms with Gasteiger partial charge in [-0.2, -0.15) is 0 Å². The summed E-state index contributed by atoms with van der Waals surface area (Å²) in [5.41, 5.74) is 1.18. The van der Waals surface area contributed by atoms with Gasteiger partial charge in [0.25, 0.3) is 5.91 Å². The summed E-state index contributed by atoms with van der Waals surface area (Å²) in [4.78, 5) is 28.9. The summed E-state index contributed by atoms with van der Waals surface area (Å²) in [6, 6.07) is 3.57. The molecule has 1 aromatic heterocycles. The van der Waals surface area contributed by atoms with Gasteiger partial charge < -0.3 is 9.88 Å². The van der Waals surface area contributed by atoms with Crippen LogP contribution in [0.4, 0.5) is 0 Å². The van der Waals surface area contributed by atoms with E-state index in [-0.39, 0.29) is 11.5 Å². The van der Waals surface area contributed by atoms with E-state index in [1.165, 1.54) is 6.07 Å². The topological polar surface area (TPSA) is 53.2 Å². The Bertz CT molecular complexity index is 546. The van der Waals surface area contributed by atoms with Crippen LogP contribution in [0.15, 0.2) is 16.9 Å². The molecule has 1 amide bonds. The first-order valence-corrected chi connectivity index (χ1v) is 7.42. The van der Waals surface area contributed by atoms with Crippen LogP contribution in [-0.2, 0) is 6.42 Å². The van der Waals surface area contributed by atoms with E-state index in [0.29, 0.717) is 23.4 Å². The monoisotopic (exact) mass is 276 g/mol. The number of nitrogens with zero attached hydrogens (tertiary/aromatic N) is 1. The highest BCUT2D eigenvalue weighted by molar-refractivity contribution is 5.95. The zero-order chi connectivity index (χ0) is 14.9. The number of hydrogen-bond donors (Lipinski definition) is 1. The van der Waals surface area contributed by atoms with Gasteiger partial charge in [0.15, 0.2) is 0 Å². The van der Waals surface area contributed by atoms with E-state index in [9.17, 15) is 9.59 Å². The lowest BCUT2D eigenvalue weighted by atomic mass is 9.91. The lowest BCUT2D eigenvalue weighted by Gasteiger charge is -2.43. The molecule has 4 nitrogen and oxygen atoms in total. The van der Waals surface area contributed by atoms with Gasteiger partial charge in [-0.1, -0.05) is 27.7 Å². The summed E-state index contributed by atoms with van der Waals surface area (Å²) < 4.78 is 0. The lowest BCUT2D eigenvalue weighted by Crippen LogP contribution is -2.53. The molecule has 0 aromatic carbocycles. The molecular weight excluding hydrogens is 252 g/mol. The van der Waals surface area contributed by atoms with E-state index < -0.39 is 0 Å². The van der Waals surface area contributed by atoms with Crippen molar-refractivity contribution < 1.29 is 4.79 Å². The SMILES string of the molecule is CC(C)Cc1cc(C(=O)N2CCC2C(C)C)cc(=O)[nH]1. The number of rotatable bonds is 4. The first-order valence-electron chi connectivity index (χ1n) is 7.42. The van der Waals surface area contributed by atoms with Crippen molar-refractivity contribution in [2.75, 3.05) is 6.54 Å². The fraction of sp³-hybridized carbons (Fsp3) is 0.625. The molecule has 1 N–H and O–H groups in total. The molecule has 0 aliphatic carbocycles. The van der Waals surface area contributed by atoms with Crippen LogP contribution in [0.5, 0.6) is 0 Å². The Balaban J connectivity index is 2.22. The fourth-order valence-corrected chi connectivity index (χ4v) is 2.79. The van der Waals surface area contributed by atoms with Crippen molar-refractivity contribution in [3.05, 3.63) is 33.7 Å². The van der Waals surface area contributed by atoms with Gasteiger partial charge in [0, 0.05) is 29.9 Å². The number of aromatic nitrogens is 1. The van der Waals surface area contributed by atoms with Crippen molar-refractivity contribution in [1.82, 2.24) is 9.88 Å². The Hall–Kier alpha value is -1.58. The maximum Gasteiger partial charge on any atom is 0.254 e. The third kappa shape index (κ3) is 3.11. The molecule has 1 aliphatic heterocycles. The van der Waals surface area contributed by atoms with E-state index in [4.69, 9.17) is 0 Å². The summed E-state index contributed by atoms with van der Waals surface area (Å²) >= 11 is 0. The summed E-state index contributed by atoms with van der Waals surface area (Å²) in [6.45, 7) is 9.25. The van der Waals surface area contributed by atoms with Gasteiger partial charge >= 0.3 is 0 Å². The molecule has 0 saturated carbocycles. The maximum atomic E-state index is 12.5. The molecule has 2 rings (SSSR count). The molecule has 2 heterocycles. The number of H-pyrrole nitrogens is 1. The largest absolute Gasteiger partial charge is 0.335 e. The molecule has 1 atom stereocenters. The third-order valence-electron chi connectivity index (χ3n) is 3.87. The molecule has 1 unspecified atom stereocenters. The second-order valence-corrected chi connectivity index (χ2v) is 6.46. The highest BCUT2D eigenvalue weighted by atomic mass is 16.2. The first kappa shape index (κ1) is 14.8. The molecule has 1 fully saturated rings. The van der Waals surface area contributed by atoms with Gasteiger partial charge in [-0.15, -0.1) is 0 Å². The average Bonchev–Trinajstić information content (AvgIpc) is 2.24. The van der Waals surface area contributed by atoms with Crippen LogP contribution < -0.4 is 5.56 Å². The number of aromatic amines is 1. The van der Waals surface area contributed by atoms with Crippen LogP contribution in [0.2, 0.25) is 0 Å². The number of carbonyl (C=O) groups is 1. The van der Waals surface area contributed by atoms with E-state index in [1.54, 1.807) is 0 Å². The molecule has 1 aliphatic rings. The van der Waals surface area contributed by atoms with E-state index >= 15 is 0 Å². The number of likely N-dealkylation sites (tertiary alicyclic amines) is 1. The average molecular weight is 276 g/mol. The quantitative estimate of drug-likeness (QED) is 0.918. The van der Waals surface area contributed by atoms with Crippen LogP contribution >= 0.6 is 0 Å². The molecule has 110 valence electrons. The van der Waals surface area contributed by atoms with Crippen LogP contribution in [0.25, 0.3) is 0 Å². The molecule has 0 spiro atoms. The van der Waals surface area contributed by atoms with Gasteiger partial charge in [-0.05, 0) is 30.7 Å².